The van der Waals surface area contributed by atoms with Crippen LogP contribution < -0.4 is 0 Å². The molecule has 4 heterocycles. The molecule has 0 amide bonds. The summed E-state index contributed by atoms with van der Waals surface area (Å²) in [5.41, 5.74) is 1.34. The molecule has 0 aliphatic carbocycles. The summed E-state index contributed by atoms with van der Waals surface area (Å²) in [5, 5.41) is 16.4. The van der Waals surface area contributed by atoms with Gasteiger partial charge in [0.1, 0.15) is 0 Å². The standard InChI is InChI=1S/C17H21N3S.2C2HF3O2/c1-3-14(7-18-5-1)8-19-9-15-11-20(12-16(15)10-19)13-17-4-2-6-21-17;2*3-2(4,5)1(6)7/h1-7,15-16H,8-13H2;2*(H,6,7). The Balaban J connectivity index is 0.000000257. The predicted molar refractivity (Wildman–Crippen MR) is 113 cm³/mol. The Bertz CT molecular complexity index is 903. The first kappa shape index (κ1) is 28.5. The fourth-order valence-corrected chi connectivity index (χ4v) is 4.56. The number of likely N-dealkylation sites (tertiary alicyclic amines) is 2. The maximum absolute atomic E-state index is 10.6. The fraction of sp³-hybridized carbons (Fsp3) is 0.476. The molecule has 2 aliphatic rings. The van der Waals surface area contributed by atoms with E-state index in [0.717, 1.165) is 24.9 Å². The lowest BCUT2D eigenvalue weighted by Crippen LogP contribution is -2.28. The fourth-order valence-electron chi connectivity index (χ4n) is 3.82. The Kier molecular flexibility index (Phi) is 10.0. The van der Waals surface area contributed by atoms with Crippen molar-refractivity contribution in [3.8, 4) is 0 Å². The number of aliphatic carboxylic acids is 2. The molecular weight excluding hydrogens is 504 g/mol. The van der Waals surface area contributed by atoms with E-state index in [1.807, 2.05) is 29.8 Å². The van der Waals surface area contributed by atoms with Crippen LogP contribution in [0.5, 0.6) is 0 Å². The molecule has 2 aromatic heterocycles. The minimum Gasteiger partial charge on any atom is -0.475 e. The van der Waals surface area contributed by atoms with E-state index in [2.05, 4.69) is 38.4 Å². The van der Waals surface area contributed by atoms with Gasteiger partial charge >= 0.3 is 24.3 Å². The van der Waals surface area contributed by atoms with Crippen molar-refractivity contribution in [2.24, 2.45) is 11.8 Å². The lowest BCUT2D eigenvalue weighted by molar-refractivity contribution is -0.193. The molecule has 2 fully saturated rings. The van der Waals surface area contributed by atoms with Crippen LogP contribution >= 0.6 is 11.3 Å². The highest BCUT2D eigenvalue weighted by Gasteiger charge is 2.40. The number of nitrogens with zero attached hydrogens (tertiary/aromatic N) is 3. The summed E-state index contributed by atoms with van der Waals surface area (Å²) in [6.45, 7) is 7.25. The summed E-state index contributed by atoms with van der Waals surface area (Å²) >= 11 is 1.88. The second-order valence-corrected chi connectivity index (χ2v) is 8.99. The predicted octanol–water partition coefficient (Wildman–Crippen LogP) is 3.97. The highest BCUT2D eigenvalue weighted by atomic mass is 32.1. The Morgan fingerprint density at radius 2 is 1.37 bits per heavy atom. The van der Waals surface area contributed by atoms with Crippen LogP contribution in [0.1, 0.15) is 10.4 Å². The van der Waals surface area contributed by atoms with Gasteiger partial charge in [-0.3, -0.25) is 14.8 Å². The number of aromatic nitrogens is 1. The van der Waals surface area contributed by atoms with Gasteiger partial charge in [0.2, 0.25) is 0 Å². The number of thiophene rings is 1. The summed E-state index contributed by atoms with van der Waals surface area (Å²) in [4.78, 5) is 28.8. The normalized spacial score (nSPS) is 20.3. The molecule has 0 bridgehead atoms. The van der Waals surface area contributed by atoms with Gasteiger partial charge in [-0.2, -0.15) is 26.3 Å². The van der Waals surface area contributed by atoms with Gasteiger partial charge in [-0.15, -0.1) is 11.3 Å². The SMILES string of the molecule is O=C(O)C(F)(F)F.O=C(O)C(F)(F)F.c1cncc(CN2CC3CN(Cc4cccs4)CC3C2)c1. The lowest BCUT2D eigenvalue weighted by atomic mass is 10.0. The molecule has 35 heavy (non-hydrogen) atoms. The number of pyridine rings is 1. The number of fused-ring (bicyclic) bond motifs is 1. The second kappa shape index (κ2) is 12.3. The molecular formula is C21H23F6N3O4S. The zero-order valence-electron chi connectivity index (χ0n) is 18.2. The Morgan fingerprint density at radius 3 is 1.74 bits per heavy atom. The molecule has 2 aromatic rings. The summed E-state index contributed by atoms with van der Waals surface area (Å²) in [5.74, 6) is -3.79. The van der Waals surface area contributed by atoms with Gasteiger partial charge < -0.3 is 10.2 Å². The molecule has 0 aromatic carbocycles. The van der Waals surface area contributed by atoms with Gasteiger partial charge in [0.05, 0.1) is 0 Å². The molecule has 0 spiro atoms. The summed E-state index contributed by atoms with van der Waals surface area (Å²) < 4.78 is 63.5. The summed E-state index contributed by atoms with van der Waals surface area (Å²) in [6, 6.07) is 8.64. The largest absolute Gasteiger partial charge is 0.490 e. The molecule has 2 N–H and O–H groups in total. The van der Waals surface area contributed by atoms with Gasteiger partial charge in [-0.25, -0.2) is 9.59 Å². The van der Waals surface area contributed by atoms with Crippen molar-refractivity contribution in [1.82, 2.24) is 14.8 Å². The van der Waals surface area contributed by atoms with Gasteiger partial charge in [0.15, 0.2) is 0 Å². The van der Waals surface area contributed by atoms with Crippen molar-refractivity contribution in [2.75, 3.05) is 26.2 Å². The smallest absolute Gasteiger partial charge is 0.475 e. The van der Waals surface area contributed by atoms with E-state index in [4.69, 9.17) is 19.8 Å². The molecule has 2 aliphatic heterocycles. The molecule has 7 nitrogen and oxygen atoms in total. The lowest BCUT2D eigenvalue weighted by Gasteiger charge is -2.20. The number of carbonyl (C=O) groups is 2. The summed E-state index contributed by atoms with van der Waals surface area (Å²) in [6.07, 6.45) is -6.32. The van der Waals surface area contributed by atoms with E-state index in [9.17, 15) is 26.3 Å². The van der Waals surface area contributed by atoms with Gasteiger partial charge in [-0.1, -0.05) is 12.1 Å². The number of carboxylic acid groups (broad SMARTS) is 2. The van der Waals surface area contributed by atoms with Crippen molar-refractivity contribution in [3.05, 3.63) is 52.5 Å². The first-order valence-electron chi connectivity index (χ1n) is 10.2. The first-order chi connectivity index (χ1) is 16.3. The van der Waals surface area contributed by atoms with Crippen molar-refractivity contribution >= 4 is 23.3 Å². The van der Waals surface area contributed by atoms with Crippen molar-refractivity contribution in [1.29, 1.82) is 0 Å². The van der Waals surface area contributed by atoms with Crippen LogP contribution in [-0.4, -0.2) is 75.5 Å². The molecule has 4 rings (SSSR count). The van der Waals surface area contributed by atoms with Crippen molar-refractivity contribution in [3.63, 3.8) is 0 Å². The molecule has 194 valence electrons. The maximum atomic E-state index is 10.6. The van der Waals surface area contributed by atoms with Crippen LogP contribution in [0, 0.1) is 11.8 Å². The minimum absolute atomic E-state index is 0.863. The van der Waals surface area contributed by atoms with E-state index in [-0.39, 0.29) is 0 Å². The number of hydrogen-bond donors (Lipinski definition) is 2. The van der Waals surface area contributed by atoms with E-state index in [1.165, 1.54) is 36.6 Å². The third kappa shape index (κ3) is 9.82. The average molecular weight is 527 g/mol. The second-order valence-electron chi connectivity index (χ2n) is 7.95. The Morgan fingerprint density at radius 1 is 0.886 bits per heavy atom. The molecule has 2 unspecified atom stereocenters. The van der Waals surface area contributed by atoms with E-state index >= 15 is 0 Å². The van der Waals surface area contributed by atoms with E-state index in [1.54, 1.807) is 0 Å². The van der Waals surface area contributed by atoms with Crippen LogP contribution in [-0.2, 0) is 22.7 Å². The number of hydrogen-bond acceptors (Lipinski definition) is 6. The molecule has 2 saturated heterocycles. The molecule has 2 atom stereocenters. The van der Waals surface area contributed by atoms with E-state index in [0.29, 0.717) is 0 Å². The molecule has 0 saturated carbocycles. The maximum Gasteiger partial charge on any atom is 0.490 e. The Hall–Kier alpha value is -2.71. The van der Waals surface area contributed by atoms with Crippen molar-refractivity contribution < 1.29 is 46.1 Å². The van der Waals surface area contributed by atoms with Crippen LogP contribution in [0.25, 0.3) is 0 Å². The van der Waals surface area contributed by atoms with Crippen LogP contribution in [0.3, 0.4) is 0 Å². The monoisotopic (exact) mass is 527 g/mol. The summed E-state index contributed by atoms with van der Waals surface area (Å²) in [7, 11) is 0. The van der Waals surface area contributed by atoms with Gasteiger partial charge in [0, 0.05) is 56.5 Å². The minimum atomic E-state index is -5.08. The Labute approximate surface area is 200 Å². The quantitative estimate of drug-likeness (QED) is 0.582. The third-order valence-corrected chi connectivity index (χ3v) is 6.07. The molecule has 14 heteroatoms. The topological polar surface area (TPSA) is 94.0 Å². The number of alkyl halides is 6. The zero-order valence-corrected chi connectivity index (χ0v) is 19.0. The van der Waals surface area contributed by atoms with Crippen LogP contribution in [0.15, 0.2) is 42.0 Å². The van der Waals surface area contributed by atoms with E-state index < -0.39 is 24.3 Å². The number of carboxylic acids is 2. The van der Waals surface area contributed by atoms with Gasteiger partial charge in [0.25, 0.3) is 0 Å². The highest BCUT2D eigenvalue weighted by Crippen LogP contribution is 2.33. The van der Waals surface area contributed by atoms with Crippen LogP contribution in [0.4, 0.5) is 26.3 Å². The number of rotatable bonds is 4. The average Bonchev–Trinajstić information content (AvgIpc) is 3.46. The van der Waals surface area contributed by atoms with Crippen molar-refractivity contribution in [2.45, 2.75) is 25.4 Å². The van der Waals surface area contributed by atoms with Crippen LogP contribution in [0.2, 0.25) is 0 Å². The first-order valence-corrected chi connectivity index (χ1v) is 11.1. The third-order valence-electron chi connectivity index (χ3n) is 5.21. The molecule has 0 radical (unpaired) electrons. The highest BCUT2D eigenvalue weighted by molar-refractivity contribution is 7.09. The zero-order chi connectivity index (χ0) is 26.2. The number of halogens is 6. The van der Waals surface area contributed by atoms with Gasteiger partial charge in [-0.05, 0) is 34.9 Å².